The Morgan fingerprint density at radius 2 is 1.81 bits per heavy atom. The average molecular weight is 322 g/mol. The monoisotopic (exact) mass is 322 g/mol. The van der Waals surface area contributed by atoms with Crippen LogP contribution in [0.5, 0.6) is 0 Å². The molecular formula is C13H16F2O5S. The number of esters is 1. The predicted octanol–water partition coefficient (Wildman–Crippen LogP) is 1.84. The van der Waals surface area contributed by atoms with Gasteiger partial charge < -0.3 is 4.74 Å². The fraction of sp³-hybridized carbons (Fsp3) is 0.923. The summed E-state index contributed by atoms with van der Waals surface area (Å²) in [5.74, 6) is -0.176. The number of fused-ring (bicyclic) bond motifs is 1. The predicted molar refractivity (Wildman–Crippen MR) is 65.9 cm³/mol. The van der Waals surface area contributed by atoms with Crippen molar-refractivity contribution in [3.8, 4) is 0 Å². The van der Waals surface area contributed by atoms with Crippen LogP contribution in [0, 0.1) is 28.6 Å². The molecule has 2 bridgehead atoms. The molecular weight excluding hydrogens is 306 g/mol. The molecule has 118 valence electrons. The molecule has 0 heterocycles. The van der Waals surface area contributed by atoms with Crippen LogP contribution in [0.25, 0.3) is 0 Å². The summed E-state index contributed by atoms with van der Waals surface area (Å²) in [5.41, 5.74) is 0.115. The maximum atomic E-state index is 13.2. The largest absolute Gasteiger partial charge is 0.465 e. The van der Waals surface area contributed by atoms with Crippen LogP contribution in [0.1, 0.15) is 32.1 Å². The lowest BCUT2D eigenvalue weighted by Crippen LogP contribution is -2.59. The smallest absolute Gasteiger partial charge is 0.460 e. The molecule has 4 aliphatic carbocycles. The van der Waals surface area contributed by atoms with Gasteiger partial charge in [-0.15, -0.1) is 0 Å². The van der Waals surface area contributed by atoms with Crippen LogP contribution in [0.2, 0.25) is 0 Å². The zero-order valence-corrected chi connectivity index (χ0v) is 12.0. The number of alkyl halides is 2. The number of carbonyl (C=O) groups excluding carboxylic acids is 1. The number of hydrogen-bond donors (Lipinski definition) is 1. The zero-order chi connectivity index (χ0) is 15.3. The molecule has 0 aromatic carbocycles. The molecule has 1 spiro atoms. The molecule has 21 heavy (non-hydrogen) atoms. The highest BCUT2D eigenvalue weighted by Crippen LogP contribution is 2.84. The Bertz CT molecular complexity index is 612. The lowest BCUT2D eigenvalue weighted by Gasteiger charge is -2.66. The van der Waals surface area contributed by atoms with Crippen molar-refractivity contribution in [2.45, 2.75) is 37.4 Å². The highest BCUT2D eigenvalue weighted by atomic mass is 32.2. The highest BCUT2D eigenvalue weighted by molar-refractivity contribution is 7.87. The van der Waals surface area contributed by atoms with Crippen LogP contribution in [-0.4, -0.2) is 30.8 Å². The first-order valence-electron chi connectivity index (χ1n) is 7.13. The SMILES string of the molecule is O=C(OCC12CC3CC4CC(C1)C43C2)C(F)(F)S(=O)(=O)O. The van der Waals surface area contributed by atoms with Gasteiger partial charge in [-0.3, -0.25) is 4.55 Å². The summed E-state index contributed by atoms with van der Waals surface area (Å²) in [5, 5.41) is -4.89. The van der Waals surface area contributed by atoms with Gasteiger partial charge in [0, 0.05) is 5.41 Å². The molecule has 4 saturated carbocycles. The Hall–Kier alpha value is -0.760. The normalized spacial score (nSPS) is 46.5. The first kappa shape index (κ1) is 13.9. The van der Waals surface area contributed by atoms with Crippen molar-refractivity contribution in [2.24, 2.45) is 28.6 Å². The molecule has 0 radical (unpaired) electrons. The van der Waals surface area contributed by atoms with Crippen molar-refractivity contribution in [1.29, 1.82) is 0 Å². The minimum absolute atomic E-state index is 0.168. The molecule has 0 aromatic rings. The number of carbonyl (C=O) groups is 1. The standard InChI is InChI=1S/C13H16F2O5S/c14-13(15,21(17,18)19)10(16)20-6-11-3-8-1-7-2-9(4-11)12(7,8)5-11/h7-9H,1-6H2,(H,17,18,19). The van der Waals surface area contributed by atoms with Crippen molar-refractivity contribution < 1.29 is 31.3 Å². The van der Waals surface area contributed by atoms with Gasteiger partial charge in [0.2, 0.25) is 0 Å². The van der Waals surface area contributed by atoms with Gasteiger partial charge in [0.1, 0.15) is 0 Å². The third-order valence-corrected chi connectivity index (χ3v) is 7.34. The molecule has 0 saturated heterocycles. The molecule has 4 fully saturated rings. The van der Waals surface area contributed by atoms with Crippen molar-refractivity contribution >= 4 is 16.1 Å². The van der Waals surface area contributed by atoms with Gasteiger partial charge in [-0.25, -0.2) is 4.79 Å². The third kappa shape index (κ3) is 1.48. The highest BCUT2D eigenvalue weighted by Gasteiger charge is 2.77. The van der Waals surface area contributed by atoms with Crippen molar-refractivity contribution in [3.05, 3.63) is 0 Å². The number of hydrogen-bond acceptors (Lipinski definition) is 4. The van der Waals surface area contributed by atoms with Crippen LogP contribution in [0.15, 0.2) is 0 Å². The minimum Gasteiger partial charge on any atom is -0.460 e. The Kier molecular flexibility index (Phi) is 2.37. The van der Waals surface area contributed by atoms with Crippen LogP contribution in [-0.2, 0) is 19.6 Å². The number of halogens is 2. The molecule has 4 aliphatic rings. The van der Waals surface area contributed by atoms with Gasteiger partial charge in [-0.05, 0) is 55.3 Å². The van der Waals surface area contributed by atoms with E-state index in [2.05, 4.69) is 4.74 Å². The van der Waals surface area contributed by atoms with Gasteiger partial charge in [-0.2, -0.15) is 17.2 Å². The van der Waals surface area contributed by atoms with E-state index in [-0.39, 0.29) is 12.0 Å². The second-order valence-corrected chi connectivity index (χ2v) is 8.79. The van der Waals surface area contributed by atoms with Gasteiger partial charge in [0.25, 0.3) is 0 Å². The second kappa shape index (κ2) is 3.59. The van der Waals surface area contributed by atoms with E-state index in [0.29, 0.717) is 17.3 Å². The molecule has 1 N–H and O–H groups in total. The molecule has 2 atom stereocenters. The maximum absolute atomic E-state index is 13.2. The Balaban J connectivity index is 1.46. The van der Waals surface area contributed by atoms with E-state index < -0.39 is 21.3 Å². The molecule has 5 nitrogen and oxygen atoms in total. The van der Waals surface area contributed by atoms with E-state index in [1.807, 2.05) is 0 Å². The molecule has 0 aromatic heterocycles. The fourth-order valence-electron chi connectivity index (χ4n) is 5.82. The molecule has 4 rings (SSSR count). The maximum Gasteiger partial charge on any atom is 0.465 e. The molecule has 0 aliphatic heterocycles. The summed E-state index contributed by atoms with van der Waals surface area (Å²) in [4.78, 5) is 11.3. The van der Waals surface area contributed by atoms with E-state index in [9.17, 15) is 22.0 Å². The Morgan fingerprint density at radius 3 is 2.24 bits per heavy atom. The third-order valence-electron chi connectivity index (χ3n) is 6.53. The molecule has 8 heteroatoms. The number of ether oxygens (including phenoxy) is 1. The van der Waals surface area contributed by atoms with Gasteiger partial charge >= 0.3 is 21.3 Å². The van der Waals surface area contributed by atoms with E-state index in [0.717, 1.165) is 25.2 Å². The van der Waals surface area contributed by atoms with Crippen molar-refractivity contribution in [2.75, 3.05) is 6.61 Å². The van der Waals surface area contributed by atoms with E-state index in [1.165, 1.54) is 12.8 Å². The van der Waals surface area contributed by atoms with Crippen LogP contribution < -0.4 is 0 Å². The van der Waals surface area contributed by atoms with E-state index in [1.54, 1.807) is 0 Å². The summed E-state index contributed by atoms with van der Waals surface area (Å²) in [7, 11) is -5.78. The van der Waals surface area contributed by atoms with Crippen molar-refractivity contribution in [3.63, 3.8) is 0 Å². The van der Waals surface area contributed by atoms with Crippen molar-refractivity contribution in [1.82, 2.24) is 0 Å². The average Bonchev–Trinajstić information content (AvgIpc) is 2.81. The number of rotatable bonds is 4. The summed E-state index contributed by atoms with van der Waals surface area (Å²) in [6.07, 6.45) is 5.04. The quantitative estimate of drug-likeness (QED) is 0.631. The molecule has 2 unspecified atom stereocenters. The van der Waals surface area contributed by atoms with E-state index >= 15 is 0 Å². The summed E-state index contributed by atoms with van der Waals surface area (Å²) in [6, 6.07) is 0. The summed E-state index contributed by atoms with van der Waals surface area (Å²) >= 11 is 0. The summed E-state index contributed by atoms with van der Waals surface area (Å²) in [6.45, 7) is -0.168. The minimum atomic E-state index is -5.78. The van der Waals surface area contributed by atoms with Crippen LogP contribution in [0.3, 0.4) is 0 Å². The summed E-state index contributed by atoms with van der Waals surface area (Å²) < 4.78 is 60.4. The second-order valence-electron chi connectivity index (χ2n) is 7.33. The van der Waals surface area contributed by atoms with Crippen LogP contribution >= 0.6 is 0 Å². The Morgan fingerprint density at radius 1 is 1.24 bits per heavy atom. The lowest BCUT2D eigenvalue weighted by atomic mass is 9.38. The molecule has 0 amide bonds. The van der Waals surface area contributed by atoms with Gasteiger partial charge in [-0.1, -0.05) is 0 Å². The fourth-order valence-corrected chi connectivity index (χ4v) is 6.09. The van der Waals surface area contributed by atoms with Gasteiger partial charge in [0.15, 0.2) is 0 Å². The van der Waals surface area contributed by atoms with E-state index in [4.69, 9.17) is 4.55 Å². The first-order valence-corrected chi connectivity index (χ1v) is 8.57. The zero-order valence-electron chi connectivity index (χ0n) is 11.2. The van der Waals surface area contributed by atoms with Gasteiger partial charge in [0.05, 0.1) is 6.61 Å². The first-order chi connectivity index (χ1) is 9.61. The lowest BCUT2D eigenvalue weighted by molar-refractivity contribution is -0.180. The topological polar surface area (TPSA) is 80.7 Å². The Labute approximate surface area is 120 Å². The van der Waals surface area contributed by atoms with Crippen LogP contribution in [0.4, 0.5) is 8.78 Å².